The van der Waals surface area contributed by atoms with E-state index in [-0.39, 0.29) is 18.7 Å². The minimum atomic E-state index is -3.59. The van der Waals surface area contributed by atoms with Crippen molar-refractivity contribution in [3.05, 3.63) is 35.2 Å². The van der Waals surface area contributed by atoms with E-state index in [9.17, 15) is 8.42 Å². The van der Waals surface area contributed by atoms with Crippen LogP contribution in [-0.4, -0.2) is 52.3 Å². The Balaban J connectivity index is 1.61. The van der Waals surface area contributed by atoms with Crippen LogP contribution in [0.3, 0.4) is 0 Å². The molecule has 2 fully saturated rings. The Hall–Kier alpha value is -1.81. The highest BCUT2D eigenvalue weighted by atomic mass is 32.2. The monoisotopic (exact) mass is 481 g/mol. The van der Waals surface area contributed by atoms with Crippen molar-refractivity contribution in [2.75, 3.05) is 27.4 Å². The van der Waals surface area contributed by atoms with Gasteiger partial charge in [-0.1, -0.05) is 18.9 Å². The van der Waals surface area contributed by atoms with Crippen LogP contribution in [0.1, 0.15) is 44.1 Å². The molecular weight excluding hydrogens is 450 g/mol. The maximum atomic E-state index is 13.4. The summed E-state index contributed by atoms with van der Waals surface area (Å²) in [5, 5.41) is 1.80. The number of methoxy groups -OCH3 is 2. The van der Waals surface area contributed by atoms with E-state index in [0.29, 0.717) is 28.1 Å². The molecule has 9 heteroatoms. The Morgan fingerprint density at radius 2 is 1.81 bits per heavy atom. The van der Waals surface area contributed by atoms with Crippen molar-refractivity contribution < 1.29 is 27.4 Å². The van der Waals surface area contributed by atoms with Gasteiger partial charge in [-0.05, 0) is 54.8 Å². The van der Waals surface area contributed by atoms with Gasteiger partial charge in [0.25, 0.3) is 10.0 Å². The van der Waals surface area contributed by atoms with Crippen LogP contribution in [0, 0.1) is 0 Å². The van der Waals surface area contributed by atoms with Gasteiger partial charge in [0.2, 0.25) is 5.75 Å². The minimum Gasteiger partial charge on any atom is -0.493 e. The maximum Gasteiger partial charge on any atom is 0.253 e. The molecular formula is C23H31NO6S2. The molecule has 1 saturated heterocycles. The molecule has 1 aromatic heterocycles. The molecule has 7 nitrogen and oxygen atoms in total. The Bertz CT molecular complexity index is 955. The predicted molar refractivity (Wildman–Crippen MR) is 123 cm³/mol. The third-order valence-electron chi connectivity index (χ3n) is 6.09. The Morgan fingerprint density at radius 3 is 2.38 bits per heavy atom. The fourth-order valence-electron chi connectivity index (χ4n) is 4.43. The van der Waals surface area contributed by atoms with Crippen molar-refractivity contribution in [2.24, 2.45) is 0 Å². The molecule has 2 heterocycles. The first kappa shape index (κ1) is 23.4. The van der Waals surface area contributed by atoms with Gasteiger partial charge >= 0.3 is 0 Å². The van der Waals surface area contributed by atoms with Crippen LogP contribution in [-0.2, 0) is 21.3 Å². The van der Waals surface area contributed by atoms with E-state index in [1.54, 1.807) is 36.0 Å². The molecule has 0 N–H and O–H groups in total. The second-order valence-electron chi connectivity index (χ2n) is 8.20. The van der Waals surface area contributed by atoms with Gasteiger partial charge in [0.05, 0.1) is 20.3 Å². The Morgan fingerprint density at radius 1 is 1.09 bits per heavy atom. The molecule has 1 aliphatic carbocycles. The molecule has 0 radical (unpaired) electrons. The lowest BCUT2D eigenvalue weighted by Gasteiger charge is -2.28. The van der Waals surface area contributed by atoms with E-state index in [2.05, 4.69) is 0 Å². The van der Waals surface area contributed by atoms with Crippen molar-refractivity contribution in [2.45, 2.75) is 61.4 Å². The zero-order valence-corrected chi connectivity index (χ0v) is 20.3. The van der Waals surface area contributed by atoms with Crippen LogP contribution >= 0.6 is 11.3 Å². The molecule has 32 heavy (non-hydrogen) atoms. The quantitative estimate of drug-likeness (QED) is 0.499. The minimum absolute atomic E-state index is 0.00506. The fraction of sp³-hybridized carbons (Fsp3) is 0.565. The molecule has 1 saturated carbocycles. The smallest absolute Gasteiger partial charge is 0.253 e. The molecule has 1 atom stereocenters. The van der Waals surface area contributed by atoms with Gasteiger partial charge in [-0.15, -0.1) is 11.3 Å². The summed E-state index contributed by atoms with van der Waals surface area (Å²) < 4.78 is 51.8. The first-order valence-electron chi connectivity index (χ1n) is 11.1. The molecule has 2 aliphatic rings. The van der Waals surface area contributed by atoms with Crippen LogP contribution in [0.15, 0.2) is 33.9 Å². The average molecular weight is 482 g/mol. The van der Waals surface area contributed by atoms with E-state index in [1.165, 1.54) is 11.3 Å². The number of sulfonamides is 1. The molecule has 0 bridgehead atoms. The van der Waals surface area contributed by atoms with Crippen LogP contribution in [0.25, 0.3) is 0 Å². The first-order chi connectivity index (χ1) is 15.5. The molecule has 0 spiro atoms. The number of ether oxygens (including phenoxy) is 4. The van der Waals surface area contributed by atoms with E-state index in [0.717, 1.165) is 50.7 Å². The average Bonchev–Trinajstić information content (AvgIpc) is 3.58. The standard InChI is InChI=1S/C23H31NO6S2/c1-27-20-13-17(14-21(28-2)23(20)30-16-19-9-5-11-29-19)15-24(18-7-3-4-8-18)32(25,26)22-10-6-12-31-22/h6,10,12-14,18-19H,3-5,7-9,11,15-16H2,1-2H3. The van der Waals surface area contributed by atoms with Crippen molar-refractivity contribution in [3.8, 4) is 17.2 Å². The lowest BCUT2D eigenvalue weighted by Crippen LogP contribution is -2.37. The zero-order chi connectivity index (χ0) is 22.6. The normalized spacial score (nSPS) is 19.5. The highest BCUT2D eigenvalue weighted by Crippen LogP contribution is 2.40. The van der Waals surface area contributed by atoms with Gasteiger partial charge in [-0.3, -0.25) is 0 Å². The Labute approximate surface area is 194 Å². The summed E-state index contributed by atoms with van der Waals surface area (Å²) >= 11 is 1.25. The van der Waals surface area contributed by atoms with Crippen LogP contribution in [0.5, 0.6) is 17.2 Å². The summed E-state index contributed by atoms with van der Waals surface area (Å²) in [5.74, 6) is 1.57. The second-order valence-corrected chi connectivity index (χ2v) is 11.3. The molecule has 1 aromatic carbocycles. The number of nitrogens with zero attached hydrogens (tertiary/aromatic N) is 1. The van der Waals surface area contributed by atoms with E-state index >= 15 is 0 Å². The van der Waals surface area contributed by atoms with Gasteiger partial charge in [-0.25, -0.2) is 8.42 Å². The second kappa shape index (κ2) is 10.4. The lowest BCUT2D eigenvalue weighted by atomic mass is 10.1. The topological polar surface area (TPSA) is 74.3 Å². The summed E-state index contributed by atoms with van der Waals surface area (Å²) in [4.78, 5) is 0. The van der Waals surface area contributed by atoms with E-state index in [1.807, 2.05) is 12.1 Å². The van der Waals surface area contributed by atoms with Crippen LogP contribution < -0.4 is 14.2 Å². The molecule has 0 amide bonds. The van der Waals surface area contributed by atoms with Crippen molar-refractivity contribution >= 4 is 21.4 Å². The molecule has 4 rings (SSSR count). The highest BCUT2D eigenvalue weighted by Gasteiger charge is 2.34. The maximum absolute atomic E-state index is 13.4. The predicted octanol–water partition coefficient (Wildman–Crippen LogP) is 4.46. The van der Waals surface area contributed by atoms with Gasteiger partial charge in [0.1, 0.15) is 10.8 Å². The van der Waals surface area contributed by atoms with Crippen molar-refractivity contribution in [1.29, 1.82) is 0 Å². The summed E-state index contributed by atoms with van der Waals surface area (Å²) in [5.41, 5.74) is 0.801. The van der Waals surface area contributed by atoms with Gasteiger partial charge < -0.3 is 18.9 Å². The molecule has 176 valence electrons. The molecule has 2 aromatic rings. The summed E-state index contributed by atoms with van der Waals surface area (Å²) in [6.07, 6.45) is 5.92. The molecule has 1 aliphatic heterocycles. The number of hydrogen-bond acceptors (Lipinski definition) is 7. The lowest BCUT2D eigenvalue weighted by molar-refractivity contribution is 0.0659. The first-order valence-corrected chi connectivity index (χ1v) is 13.4. The Kier molecular flexibility index (Phi) is 7.60. The third-order valence-corrected chi connectivity index (χ3v) is 9.36. The summed E-state index contributed by atoms with van der Waals surface area (Å²) in [6.45, 7) is 1.44. The van der Waals surface area contributed by atoms with Gasteiger partial charge in [0, 0.05) is 19.2 Å². The number of rotatable bonds is 10. The van der Waals surface area contributed by atoms with Crippen molar-refractivity contribution in [3.63, 3.8) is 0 Å². The third kappa shape index (κ3) is 5.06. The van der Waals surface area contributed by atoms with Crippen LogP contribution in [0.4, 0.5) is 0 Å². The number of hydrogen-bond donors (Lipinski definition) is 0. The summed E-state index contributed by atoms with van der Waals surface area (Å²) in [6, 6.07) is 7.13. The number of benzene rings is 1. The largest absolute Gasteiger partial charge is 0.493 e. The van der Waals surface area contributed by atoms with E-state index < -0.39 is 10.0 Å². The van der Waals surface area contributed by atoms with E-state index in [4.69, 9.17) is 18.9 Å². The van der Waals surface area contributed by atoms with Gasteiger partial charge in [0.15, 0.2) is 11.5 Å². The SMILES string of the molecule is COc1cc(CN(C2CCCC2)S(=O)(=O)c2cccs2)cc(OC)c1OCC1CCCO1. The molecule has 1 unspecified atom stereocenters. The number of thiophene rings is 1. The van der Waals surface area contributed by atoms with Crippen molar-refractivity contribution in [1.82, 2.24) is 4.31 Å². The zero-order valence-electron chi connectivity index (χ0n) is 18.6. The van der Waals surface area contributed by atoms with Crippen LogP contribution in [0.2, 0.25) is 0 Å². The van der Waals surface area contributed by atoms with Gasteiger partial charge in [-0.2, -0.15) is 4.31 Å². The highest BCUT2D eigenvalue weighted by molar-refractivity contribution is 7.91. The summed E-state index contributed by atoms with van der Waals surface area (Å²) in [7, 11) is -0.432. The fourth-order valence-corrected chi connectivity index (χ4v) is 7.22.